The van der Waals surface area contributed by atoms with Crippen LogP contribution in [0.25, 0.3) is 0 Å². The van der Waals surface area contributed by atoms with Gasteiger partial charge >= 0.3 is 0 Å². The third-order valence-corrected chi connectivity index (χ3v) is 6.22. The molecule has 0 heterocycles. The Labute approximate surface area is 203 Å². The molecule has 0 unspecified atom stereocenters. The second kappa shape index (κ2) is 9.58. The molecule has 2 N–H and O–H groups in total. The third-order valence-electron chi connectivity index (χ3n) is 6.22. The van der Waals surface area contributed by atoms with Crippen LogP contribution in [0.4, 0.5) is 17.1 Å². The van der Waals surface area contributed by atoms with E-state index in [0.717, 1.165) is 36.9 Å². The van der Waals surface area contributed by atoms with Crippen molar-refractivity contribution >= 4 is 28.9 Å². The molecule has 2 saturated carbocycles. The van der Waals surface area contributed by atoms with E-state index in [1.165, 1.54) is 6.07 Å². The van der Waals surface area contributed by atoms with Crippen molar-refractivity contribution in [1.82, 2.24) is 10.2 Å². The first-order chi connectivity index (χ1) is 17.0. The van der Waals surface area contributed by atoms with Crippen LogP contribution in [0.3, 0.4) is 0 Å². The summed E-state index contributed by atoms with van der Waals surface area (Å²) < 4.78 is 0. The lowest BCUT2D eigenvalue weighted by molar-refractivity contribution is -0.383. The molecule has 0 spiro atoms. The number of rotatable bonds is 9. The number of nitrogens with one attached hydrogen (secondary N) is 2. The van der Waals surface area contributed by atoms with Gasteiger partial charge in [0, 0.05) is 41.5 Å². The Morgan fingerprint density at radius 2 is 1.60 bits per heavy atom. The van der Waals surface area contributed by atoms with Crippen LogP contribution in [0, 0.1) is 10.1 Å². The van der Waals surface area contributed by atoms with Crippen molar-refractivity contribution < 1.29 is 14.5 Å². The standard InChI is InChI=1S/C27H26N4O4/c32-26(29-22-11-12-22)19-8-6-18(7-9-19)17-30(23-13-14-23)27(33)20-10-15-24(25(16-20)31(34)35)28-21-4-2-1-3-5-21/h1-10,15-16,22-23,28H,11-14,17H2,(H,29,32). The van der Waals surface area contributed by atoms with Gasteiger partial charge in [-0.25, -0.2) is 0 Å². The van der Waals surface area contributed by atoms with Gasteiger partial charge in [-0.2, -0.15) is 0 Å². The van der Waals surface area contributed by atoms with E-state index in [4.69, 9.17) is 0 Å². The van der Waals surface area contributed by atoms with E-state index in [1.807, 2.05) is 42.5 Å². The Morgan fingerprint density at radius 1 is 0.914 bits per heavy atom. The summed E-state index contributed by atoms with van der Waals surface area (Å²) >= 11 is 0. The Hall–Kier alpha value is -4.20. The zero-order chi connectivity index (χ0) is 24.4. The highest BCUT2D eigenvalue weighted by Crippen LogP contribution is 2.33. The smallest absolute Gasteiger partial charge is 0.293 e. The van der Waals surface area contributed by atoms with Crippen molar-refractivity contribution in [3.8, 4) is 0 Å². The maximum Gasteiger partial charge on any atom is 0.293 e. The molecule has 8 nitrogen and oxygen atoms in total. The molecule has 35 heavy (non-hydrogen) atoms. The zero-order valence-corrected chi connectivity index (χ0v) is 19.1. The van der Waals surface area contributed by atoms with Crippen molar-refractivity contribution in [1.29, 1.82) is 0 Å². The highest BCUT2D eigenvalue weighted by Gasteiger charge is 2.34. The minimum Gasteiger partial charge on any atom is -0.350 e. The molecule has 0 bridgehead atoms. The number of carbonyl (C=O) groups excluding carboxylic acids is 2. The van der Waals surface area contributed by atoms with Crippen LogP contribution in [0.15, 0.2) is 72.8 Å². The summed E-state index contributed by atoms with van der Waals surface area (Å²) in [5.74, 6) is -0.317. The highest BCUT2D eigenvalue weighted by atomic mass is 16.6. The number of carbonyl (C=O) groups is 2. The summed E-state index contributed by atoms with van der Waals surface area (Å²) in [7, 11) is 0. The lowest BCUT2D eigenvalue weighted by atomic mass is 10.1. The van der Waals surface area contributed by atoms with Crippen LogP contribution in [-0.2, 0) is 6.54 Å². The van der Waals surface area contributed by atoms with E-state index in [1.54, 1.807) is 29.2 Å². The summed E-state index contributed by atoms with van der Waals surface area (Å²) in [5.41, 5.74) is 2.69. The van der Waals surface area contributed by atoms with Crippen LogP contribution in [0.5, 0.6) is 0 Å². The van der Waals surface area contributed by atoms with Crippen molar-refractivity contribution in [2.24, 2.45) is 0 Å². The molecule has 0 radical (unpaired) electrons. The maximum absolute atomic E-state index is 13.4. The molecule has 2 amide bonds. The molecule has 2 aliphatic rings. The summed E-state index contributed by atoms with van der Waals surface area (Å²) in [6.07, 6.45) is 3.88. The summed E-state index contributed by atoms with van der Waals surface area (Å²) in [5, 5.41) is 17.8. The van der Waals surface area contributed by atoms with Gasteiger partial charge in [0.05, 0.1) is 4.92 Å². The molecule has 0 saturated heterocycles. The average Bonchev–Trinajstić information content (AvgIpc) is 3.79. The number of amides is 2. The van der Waals surface area contributed by atoms with Crippen LogP contribution in [-0.4, -0.2) is 33.7 Å². The predicted molar refractivity (Wildman–Crippen MR) is 133 cm³/mol. The molecule has 3 aromatic carbocycles. The fourth-order valence-electron chi connectivity index (χ4n) is 3.97. The summed E-state index contributed by atoms with van der Waals surface area (Å²) in [6.45, 7) is 0.381. The second-order valence-electron chi connectivity index (χ2n) is 9.09. The van der Waals surface area contributed by atoms with E-state index in [9.17, 15) is 19.7 Å². The monoisotopic (exact) mass is 470 g/mol. The predicted octanol–water partition coefficient (Wildman–Crippen LogP) is 5.04. The van der Waals surface area contributed by atoms with Gasteiger partial charge in [0.2, 0.25) is 0 Å². The van der Waals surface area contributed by atoms with Crippen molar-refractivity contribution in [3.05, 3.63) is 99.6 Å². The SMILES string of the molecule is O=C(NC1CC1)c1ccc(CN(C(=O)c2ccc(Nc3ccccc3)c([N+](=O)[O-])c2)C2CC2)cc1. The largest absolute Gasteiger partial charge is 0.350 e. The molecular weight excluding hydrogens is 444 g/mol. The van der Waals surface area contributed by atoms with Gasteiger partial charge in [0.15, 0.2) is 0 Å². The number of nitrogens with zero attached hydrogens (tertiary/aromatic N) is 2. The quantitative estimate of drug-likeness (QED) is 0.337. The fourth-order valence-corrected chi connectivity index (χ4v) is 3.97. The van der Waals surface area contributed by atoms with E-state index >= 15 is 0 Å². The Bertz CT molecular complexity index is 1250. The first kappa shape index (κ1) is 22.6. The molecule has 0 atom stereocenters. The molecule has 5 rings (SSSR count). The molecule has 8 heteroatoms. The number of hydrogen-bond donors (Lipinski definition) is 2. The van der Waals surface area contributed by atoms with Gasteiger partial charge in [0.25, 0.3) is 17.5 Å². The Morgan fingerprint density at radius 3 is 2.23 bits per heavy atom. The Kier molecular flexibility index (Phi) is 6.18. The van der Waals surface area contributed by atoms with Gasteiger partial charge < -0.3 is 15.5 Å². The van der Waals surface area contributed by atoms with Gasteiger partial charge in [-0.3, -0.25) is 19.7 Å². The van der Waals surface area contributed by atoms with Gasteiger partial charge in [-0.05, 0) is 67.6 Å². The second-order valence-corrected chi connectivity index (χ2v) is 9.09. The molecular formula is C27H26N4O4. The topological polar surface area (TPSA) is 105 Å². The Balaban J connectivity index is 1.33. The molecule has 0 aromatic heterocycles. The van der Waals surface area contributed by atoms with Crippen LogP contribution in [0.1, 0.15) is 52.0 Å². The number of para-hydroxylation sites is 1. The van der Waals surface area contributed by atoms with Crippen molar-refractivity contribution in [2.45, 2.75) is 44.3 Å². The summed E-state index contributed by atoms with van der Waals surface area (Å²) in [4.78, 5) is 38.7. The fraction of sp³-hybridized carbons (Fsp3) is 0.259. The highest BCUT2D eigenvalue weighted by molar-refractivity contribution is 5.96. The summed E-state index contributed by atoms with van der Waals surface area (Å²) in [6, 6.07) is 21.4. The van der Waals surface area contributed by atoms with Crippen LogP contribution < -0.4 is 10.6 Å². The number of hydrogen-bond acceptors (Lipinski definition) is 5. The van der Waals surface area contributed by atoms with Crippen LogP contribution in [0.2, 0.25) is 0 Å². The first-order valence-electron chi connectivity index (χ1n) is 11.8. The average molecular weight is 471 g/mol. The van der Waals surface area contributed by atoms with Gasteiger partial charge in [-0.1, -0.05) is 30.3 Å². The lowest BCUT2D eigenvalue weighted by Crippen LogP contribution is -2.32. The normalized spacial score (nSPS) is 14.7. The van der Waals surface area contributed by atoms with Crippen LogP contribution >= 0.6 is 0 Å². The van der Waals surface area contributed by atoms with Crippen molar-refractivity contribution in [2.75, 3.05) is 5.32 Å². The first-order valence-corrected chi connectivity index (χ1v) is 11.8. The van der Waals surface area contributed by atoms with E-state index in [0.29, 0.717) is 23.8 Å². The number of nitro groups is 1. The molecule has 2 aliphatic carbocycles. The maximum atomic E-state index is 13.4. The van der Waals surface area contributed by atoms with Gasteiger partial charge in [-0.15, -0.1) is 0 Å². The minimum atomic E-state index is -0.477. The lowest BCUT2D eigenvalue weighted by Gasteiger charge is -2.23. The van der Waals surface area contributed by atoms with E-state index in [2.05, 4.69) is 10.6 Å². The van der Waals surface area contributed by atoms with Gasteiger partial charge in [0.1, 0.15) is 5.69 Å². The zero-order valence-electron chi connectivity index (χ0n) is 19.1. The molecule has 2 fully saturated rings. The number of anilines is 2. The third kappa shape index (κ3) is 5.48. The van der Waals surface area contributed by atoms with E-state index < -0.39 is 4.92 Å². The number of nitro benzene ring substituents is 1. The molecule has 0 aliphatic heterocycles. The molecule has 178 valence electrons. The minimum absolute atomic E-state index is 0.0781. The van der Waals surface area contributed by atoms with Crippen molar-refractivity contribution in [3.63, 3.8) is 0 Å². The van der Waals surface area contributed by atoms with E-state index in [-0.39, 0.29) is 29.1 Å². The molecule has 3 aromatic rings. The number of benzene rings is 3.